The summed E-state index contributed by atoms with van der Waals surface area (Å²) < 4.78 is 15.5. The van der Waals surface area contributed by atoms with E-state index in [1.807, 2.05) is 10.8 Å². The van der Waals surface area contributed by atoms with Crippen LogP contribution in [0.3, 0.4) is 0 Å². The molecule has 0 spiro atoms. The smallest absolute Gasteiger partial charge is 0.266 e. The molecule has 6 nitrogen and oxygen atoms in total. The van der Waals surface area contributed by atoms with Gasteiger partial charge in [0.2, 0.25) is 5.91 Å². The van der Waals surface area contributed by atoms with Gasteiger partial charge in [-0.3, -0.25) is 14.5 Å². The van der Waals surface area contributed by atoms with Crippen molar-refractivity contribution in [1.29, 1.82) is 0 Å². The zero-order valence-electron chi connectivity index (χ0n) is 14.3. The second-order valence-corrected chi connectivity index (χ2v) is 7.50. The molecule has 1 N–H and O–H groups in total. The molecule has 1 aromatic heterocycles. The normalized spacial score (nSPS) is 15.6. The highest BCUT2D eigenvalue weighted by Gasteiger charge is 2.33. The Hall–Kier alpha value is -2.52. The molecule has 1 fully saturated rings. The summed E-state index contributed by atoms with van der Waals surface area (Å²) in [6, 6.07) is 5.93. The van der Waals surface area contributed by atoms with Crippen LogP contribution in [0.1, 0.15) is 12.0 Å². The topological polar surface area (TPSA) is 67.2 Å². The van der Waals surface area contributed by atoms with Gasteiger partial charge < -0.3 is 9.88 Å². The van der Waals surface area contributed by atoms with E-state index >= 15 is 0 Å². The number of nitrogens with one attached hydrogen (secondary N) is 1. The summed E-state index contributed by atoms with van der Waals surface area (Å²) in [6.07, 6.45) is 7.59. The van der Waals surface area contributed by atoms with Gasteiger partial charge >= 0.3 is 0 Å². The molecule has 0 unspecified atom stereocenters. The third-order valence-corrected chi connectivity index (χ3v) is 5.17. The molecule has 0 aliphatic carbocycles. The number of benzene rings is 1. The summed E-state index contributed by atoms with van der Waals surface area (Å²) in [4.78, 5) is 30.2. The van der Waals surface area contributed by atoms with Gasteiger partial charge in [-0.1, -0.05) is 36.1 Å². The molecule has 0 saturated carbocycles. The predicted molar refractivity (Wildman–Crippen MR) is 106 cm³/mol. The van der Waals surface area contributed by atoms with Gasteiger partial charge in [-0.15, -0.1) is 0 Å². The first kappa shape index (κ1) is 19.2. The lowest BCUT2D eigenvalue weighted by molar-refractivity contribution is -0.128. The Labute approximate surface area is 165 Å². The van der Waals surface area contributed by atoms with E-state index in [0.717, 1.165) is 24.7 Å². The van der Waals surface area contributed by atoms with E-state index in [-0.39, 0.29) is 24.2 Å². The fraction of sp³-hybridized carbons (Fsp3) is 0.222. The Morgan fingerprint density at radius 3 is 3.00 bits per heavy atom. The highest BCUT2D eigenvalue weighted by atomic mass is 32.2. The average Bonchev–Trinajstić information content (AvgIpc) is 3.23. The number of carbonyl (C=O) groups is 2. The standard InChI is InChI=1S/C18H17FN4O2S2/c19-14-4-1-3-13(9-14)10-15-17(25)23(18(26)27-15)11-16(24)21-5-2-7-22-8-6-20-12-22/h1,3-4,6,8-10,12H,2,5,7,11H2,(H,21,24). The predicted octanol–water partition coefficient (Wildman–Crippen LogP) is 2.43. The number of aryl methyl sites for hydroxylation is 1. The number of rotatable bonds is 7. The van der Waals surface area contributed by atoms with Crippen LogP contribution >= 0.6 is 24.0 Å². The highest BCUT2D eigenvalue weighted by Crippen LogP contribution is 2.32. The molecule has 3 rings (SSSR count). The van der Waals surface area contributed by atoms with Crippen LogP contribution in [0.2, 0.25) is 0 Å². The van der Waals surface area contributed by atoms with Crippen LogP contribution in [0.4, 0.5) is 4.39 Å². The summed E-state index contributed by atoms with van der Waals surface area (Å²) in [5.41, 5.74) is 0.569. The first-order chi connectivity index (χ1) is 13.0. The monoisotopic (exact) mass is 404 g/mol. The summed E-state index contributed by atoms with van der Waals surface area (Å²) in [6.45, 7) is 1.11. The van der Waals surface area contributed by atoms with Crippen LogP contribution < -0.4 is 5.32 Å². The van der Waals surface area contributed by atoms with Crippen molar-refractivity contribution < 1.29 is 14.0 Å². The molecule has 0 bridgehead atoms. The maximum absolute atomic E-state index is 13.3. The average molecular weight is 404 g/mol. The molecule has 1 aromatic carbocycles. The molecule has 2 heterocycles. The molecule has 9 heteroatoms. The number of amides is 2. The van der Waals surface area contributed by atoms with E-state index in [4.69, 9.17) is 12.2 Å². The quantitative estimate of drug-likeness (QED) is 0.436. The third-order valence-electron chi connectivity index (χ3n) is 3.80. The second-order valence-electron chi connectivity index (χ2n) is 5.83. The zero-order valence-corrected chi connectivity index (χ0v) is 15.9. The Kier molecular flexibility index (Phi) is 6.36. The van der Waals surface area contributed by atoms with Crippen molar-refractivity contribution in [3.63, 3.8) is 0 Å². The molecule has 1 saturated heterocycles. The van der Waals surface area contributed by atoms with E-state index in [0.29, 0.717) is 21.3 Å². The first-order valence-electron chi connectivity index (χ1n) is 8.26. The van der Waals surface area contributed by atoms with Crippen molar-refractivity contribution in [2.75, 3.05) is 13.1 Å². The minimum atomic E-state index is -0.380. The van der Waals surface area contributed by atoms with Crippen molar-refractivity contribution in [3.05, 3.63) is 59.3 Å². The summed E-state index contributed by atoms with van der Waals surface area (Å²) in [7, 11) is 0. The maximum Gasteiger partial charge on any atom is 0.266 e. The van der Waals surface area contributed by atoms with Crippen LogP contribution in [0, 0.1) is 5.82 Å². The van der Waals surface area contributed by atoms with Crippen LogP contribution in [0.5, 0.6) is 0 Å². The van der Waals surface area contributed by atoms with Gasteiger partial charge in [0.15, 0.2) is 0 Å². The van der Waals surface area contributed by atoms with Crippen molar-refractivity contribution >= 4 is 46.2 Å². The lowest BCUT2D eigenvalue weighted by Gasteiger charge is -2.14. The van der Waals surface area contributed by atoms with Gasteiger partial charge in [0, 0.05) is 25.5 Å². The lowest BCUT2D eigenvalue weighted by atomic mass is 10.2. The molecule has 2 aromatic rings. The molecular weight excluding hydrogens is 387 g/mol. The zero-order chi connectivity index (χ0) is 19.2. The maximum atomic E-state index is 13.3. The van der Waals surface area contributed by atoms with E-state index in [1.54, 1.807) is 30.7 Å². The van der Waals surface area contributed by atoms with Crippen molar-refractivity contribution in [2.24, 2.45) is 0 Å². The Balaban J connectivity index is 1.51. The number of thioether (sulfide) groups is 1. The molecule has 27 heavy (non-hydrogen) atoms. The number of hydrogen-bond acceptors (Lipinski definition) is 5. The van der Waals surface area contributed by atoms with Crippen LogP contribution in [0.25, 0.3) is 6.08 Å². The number of aromatic nitrogens is 2. The van der Waals surface area contributed by atoms with E-state index in [2.05, 4.69) is 10.3 Å². The van der Waals surface area contributed by atoms with Crippen LogP contribution in [0.15, 0.2) is 47.9 Å². The molecule has 0 atom stereocenters. The number of carbonyl (C=O) groups excluding carboxylic acids is 2. The van der Waals surface area contributed by atoms with Crippen LogP contribution in [-0.4, -0.2) is 43.7 Å². The summed E-state index contributed by atoms with van der Waals surface area (Å²) in [5.74, 6) is -0.999. The number of thiocarbonyl (C=S) groups is 1. The summed E-state index contributed by atoms with van der Waals surface area (Å²) >= 11 is 6.31. The first-order valence-corrected chi connectivity index (χ1v) is 9.49. The Morgan fingerprint density at radius 2 is 2.26 bits per heavy atom. The number of halogens is 1. The number of imidazole rings is 1. The van der Waals surface area contributed by atoms with Crippen LogP contribution in [-0.2, 0) is 16.1 Å². The van der Waals surface area contributed by atoms with Gasteiger partial charge in [0.1, 0.15) is 16.7 Å². The Morgan fingerprint density at radius 1 is 1.41 bits per heavy atom. The van der Waals surface area contributed by atoms with Crippen molar-refractivity contribution in [1.82, 2.24) is 19.8 Å². The minimum Gasteiger partial charge on any atom is -0.354 e. The van der Waals surface area contributed by atoms with Gasteiger partial charge in [-0.2, -0.15) is 0 Å². The van der Waals surface area contributed by atoms with Crippen molar-refractivity contribution in [2.45, 2.75) is 13.0 Å². The SMILES string of the molecule is O=C(CN1C(=O)C(=Cc2cccc(F)c2)SC1=S)NCCCn1ccnc1. The molecular formula is C18H17FN4O2S2. The minimum absolute atomic E-state index is 0.129. The molecule has 1 aliphatic rings. The fourth-order valence-corrected chi connectivity index (χ4v) is 3.75. The number of hydrogen-bond donors (Lipinski definition) is 1. The number of nitrogens with zero attached hydrogens (tertiary/aromatic N) is 3. The lowest BCUT2D eigenvalue weighted by Crippen LogP contribution is -2.39. The largest absolute Gasteiger partial charge is 0.354 e. The third kappa shape index (κ3) is 5.24. The van der Waals surface area contributed by atoms with E-state index in [1.165, 1.54) is 17.0 Å². The second kappa shape index (κ2) is 8.92. The van der Waals surface area contributed by atoms with E-state index < -0.39 is 0 Å². The molecule has 140 valence electrons. The highest BCUT2D eigenvalue weighted by molar-refractivity contribution is 8.26. The van der Waals surface area contributed by atoms with Gasteiger partial charge in [0.25, 0.3) is 5.91 Å². The van der Waals surface area contributed by atoms with Gasteiger partial charge in [-0.05, 0) is 30.2 Å². The summed E-state index contributed by atoms with van der Waals surface area (Å²) in [5, 5.41) is 2.78. The van der Waals surface area contributed by atoms with Crippen molar-refractivity contribution in [3.8, 4) is 0 Å². The fourth-order valence-electron chi connectivity index (χ4n) is 2.49. The molecule has 1 aliphatic heterocycles. The van der Waals surface area contributed by atoms with Gasteiger partial charge in [-0.25, -0.2) is 9.37 Å². The Bertz CT molecular complexity index is 883. The van der Waals surface area contributed by atoms with Gasteiger partial charge in [0.05, 0.1) is 11.2 Å². The van der Waals surface area contributed by atoms with E-state index in [9.17, 15) is 14.0 Å². The molecule has 2 amide bonds. The molecule has 0 radical (unpaired) electrons.